The lowest BCUT2D eigenvalue weighted by Crippen LogP contribution is -2.42. The zero-order valence-electron chi connectivity index (χ0n) is 11.2. The first kappa shape index (κ1) is 12.2. The maximum atomic E-state index is 12.3. The van der Waals surface area contributed by atoms with Crippen molar-refractivity contribution >= 4 is 11.6 Å². The summed E-state index contributed by atoms with van der Waals surface area (Å²) < 4.78 is 1.96. The molecular formula is C15H19N3O. The second-order valence-electron chi connectivity index (χ2n) is 5.31. The molecule has 0 radical (unpaired) electrons. The van der Waals surface area contributed by atoms with Crippen LogP contribution in [-0.2, 0) is 11.2 Å². The molecule has 0 N–H and O–H groups in total. The van der Waals surface area contributed by atoms with Gasteiger partial charge in [-0.15, -0.1) is 0 Å². The Kier molecular flexibility index (Phi) is 3.23. The van der Waals surface area contributed by atoms with Gasteiger partial charge in [-0.1, -0.05) is 6.07 Å². The topological polar surface area (TPSA) is 37.6 Å². The number of carbonyl (C=O) groups excluding carboxylic acids is 1. The number of carbonyl (C=O) groups is 1. The van der Waals surface area contributed by atoms with Gasteiger partial charge in [0.15, 0.2) is 0 Å². The summed E-state index contributed by atoms with van der Waals surface area (Å²) in [4.78, 5) is 18.8. The van der Waals surface area contributed by atoms with Gasteiger partial charge in [0.1, 0.15) is 5.65 Å². The SMILES string of the molecule is C[C@H]1CCCCN1C(=O)Cc1cn2ccccc2n1. The second-order valence-corrected chi connectivity index (χ2v) is 5.31. The largest absolute Gasteiger partial charge is 0.340 e. The number of piperidine rings is 1. The lowest BCUT2D eigenvalue weighted by atomic mass is 10.0. The zero-order chi connectivity index (χ0) is 13.2. The molecule has 4 nitrogen and oxygen atoms in total. The van der Waals surface area contributed by atoms with Crippen LogP contribution in [0.15, 0.2) is 30.6 Å². The molecule has 3 rings (SSSR count). The summed E-state index contributed by atoms with van der Waals surface area (Å²) in [6, 6.07) is 6.25. The van der Waals surface area contributed by atoms with Crippen molar-refractivity contribution in [1.29, 1.82) is 0 Å². The molecular weight excluding hydrogens is 238 g/mol. The van der Waals surface area contributed by atoms with Crippen LogP contribution >= 0.6 is 0 Å². The molecule has 1 aliphatic rings. The Morgan fingerprint density at radius 2 is 2.32 bits per heavy atom. The van der Waals surface area contributed by atoms with Gasteiger partial charge in [-0.3, -0.25) is 4.79 Å². The van der Waals surface area contributed by atoms with Crippen LogP contribution in [0.5, 0.6) is 0 Å². The van der Waals surface area contributed by atoms with Crippen LogP contribution in [-0.4, -0.2) is 32.8 Å². The van der Waals surface area contributed by atoms with Crippen LogP contribution in [0.2, 0.25) is 0 Å². The highest BCUT2D eigenvalue weighted by atomic mass is 16.2. The normalized spacial score (nSPS) is 19.8. The van der Waals surface area contributed by atoms with Crippen LogP contribution in [0.3, 0.4) is 0 Å². The van der Waals surface area contributed by atoms with Gasteiger partial charge in [-0.05, 0) is 38.3 Å². The lowest BCUT2D eigenvalue weighted by molar-refractivity contribution is -0.133. The standard InChI is InChI=1S/C15H19N3O/c1-12-6-2-5-9-18(12)15(19)10-13-11-17-8-4-3-7-14(17)16-13/h3-4,7-8,11-12H,2,5-6,9-10H2,1H3/t12-/m0/s1. The predicted molar refractivity (Wildman–Crippen MR) is 73.9 cm³/mol. The number of nitrogens with zero attached hydrogens (tertiary/aromatic N) is 3. The first-order chi connectivity index (χ1) is 9.24. The molecule has 1 saturated heterocycles. The number of imidazole rings is 1. The number of hydrogen-bond donors (Lipinski definition) is 0. The number of pyridine rings is 1. The average molecular weight is 257 g/mol. The highest BCUT2D eigenvalue weighted by molar-refractivity contribution is 5.79. The fourth-order valence-electron chi connectivity index (χ4n) is 2.80. The zero-order valence-corrected chi connectivity index (χ0v) is 11.2. The predicted octanol–water partition coefficient (Wildman–Crippen LogP) is 2.28. The Hall–Kier alpha value is -1.84. The summed E-state index contributed by atoms with van der Waals surface area (Å²) in [5.74, 6) is 0.204. The summed E-state index contributed by atoms with van der Waals surface area (Å²) in [5, 5.41) is 0. The van der Waals surface area contributed by atoms with Crippen molar-refractivity contribution in [3.8, 4) is 0 Å². The van der Waals surface area contributed by atoms with Crippen LogP contribution in [0.4, 0.5) is 0 Å². The number of amides is 1. The molecule has 100 valence electrons. The highest BCUT2D eigenvalue weighted by Gasteiger charge is 2.23. The molecule has 0 aliphatic carbocycles. The molecule has 4 heteroatoms. The van der Waals surface area contributed by atoms with Gasteiger partial charge in [0.05, 0.1) is 12.1 Å². The number of hydrogen-bond acceptors (Lipinski definition) is 2. The third kappa shape index (κ3) is 2.48. The molecule has 0 saturated carbocycles. The fourth-order valence-corrected chi connectivity index (χ4v) is 2.80. The minimum atomic E-state index is 0.204. The van der Waals surface area contributed by atoms with Crippen LogP contribution < -0.4 is 0 Å². The van der Waals surface area contributed by atoms with E-state index >= 15 is 0 Å². The molecule has 19 heavy (non-hydrogen) atoms. The smallest absolute Gasteiger partial charge is 0.228 e. The Morgan fingerprint density at radius 3 is 3.11 bits per heavy atom. The van der Waals surface area contributed by atoms with E-state index < -0.39 is 0 Å². The maximum Gasteiger partial charge on any atom is 0.228 e. The molecule has 1 aliphatic heterocycles. The maximum absolute atomic E-state index is 12.3. The molecule has 0 aromatic carbocycles. The van der Waals surface area contributed by atoms with E-state index in [-0.39, 0.29) is 5.91 Å². The summed E-state index contributed by atoms with van der Waals surface area (Å²) in [7, 11) is 0. The Labute approximate surface area is 113 Å². The van der Waals surface area contributed by atoms with Crippen molar-refractivity contribution in [3.05, 3.63) is 36.3 Å². The van der Waals surface area contributed by atoms with E-state index in [9.17, 15) is 4.79 Å². The first-order valence-electron chi connectivity index (χ1n) is 6.96. The minimum absolute atomic E-state index is 0.204. The quantitative estimate of drug-likeness (QED) is 0.827. The summed E-state index contributed by atoms with van der Waals surface area (Å²) >= 11 is 0. The van der Waals surface area contributed by atoms with Crippen LogP contribution in [0, 0.1) is 0 Å². The van der Waals surface area contributed by atoms with Crippen molar-refractivity contribution in [2.24, 2.45) is 0 Å². The summed E-state index contributed by atoms with van der Waals surface area (Å²) in [6.45, 7) is 3.04. The van der Waals surface area contributed by atoms with E-state index in [1.807, 2.05) is 39.9 Å². The molecule has 3 heterocycles. The van der Waals surface area contributed by atoms with Gasteiger partial charge < -0.3 is 9.30 Å². The number of fused-ring (bicyclic) bond motifs is 1. The van der Waals surface area contributed by atoms with E-state index in [0.717, 1.165) is 30.7 Å². The molecule has 0 spiro atoms. The monoisotopic (exact) mass is 257 g/mol. The van der Waals surface area contributed by atoms with E-state index in [1.54, 1.807) is 0 Å². The molecule has 2 aromatic rings. The van der Waals surface area contributed by atoms with E-state index in [0.29, 0.717) is 12.5 Å². The fraction of sp³-hybridized carbons (Fsp3) is 0.467. The van der Waals surface area contributed by atoms with Crippen molar-refractivity contribution in [2.75, 3.05) is 6.54 Å². The van der Waals surface area contributed by atoms with E-state index in [2.05, 4.69) is 11.9 Å². The molecule has 0 unspecified atom stereocenters. The third-order valence-electron chi connectivity index (χ3n) is 3.87. The van der Waals surface area contributed by atoms with Gasteiger partial charge in [0.25, 0.3) is 0 Å². The molecule has 1 atom stereocenters. The molecule has 1 amide bonds. The van der Waals surface area contributed by atoms with E-state index in [4.69, 9.17) is 0 Å². The third-order valence-corrected chi connectivity index (χ3v) is 3.87. The van der Waals surface area contributed by atoms with Crippen molar-refractivity contribution in [3.63, 3.8) is 0 Å². The number of likely N-dealkylation sites (tertiary alicyclic amines) is 1. The Balaban J connectivity index is 1.75. The average Bonchev–Trinajstić information content (AvgIpc) is 2.81. The van der Waals surface area contributed by atoms with Crippen LogP contribution in [0.25, 0.3) is 5.65 Å². The minimum Gasteiger partial charge on any atom is -0.340 e. The Morgan fingerprint density at radius 1 is 1.42 bits per heavy atom. The van der Waals surface area contributed by atoms with Crippen molar-refractivity contribution in [1.82, 2.24) is 14.3 Å². The number of aromatic nitrogens is 2. The summed E-state index contributed by atoms with van der Waals surface area (Å²) in [6.07, 6.45) is 7.80. The lowest BCUT2D eigenvalue weighted by Gasteiger charge is -2.33. The molecule has 0 bridgehead atoms. The van der Waals surface area contributed by atoms with Crippen molar-refractivity contribution < 1.29 is 4.79 Å². The highest BCUT2D eigenvalue weighted by Crippen LogP contribution is 2.17. The Bertz CT molecular complexity index is 557. The van der Waals surface area contributed by atoms with Gasteiger partial charge >= 0.3 is 0 Å². The second kappa shape index (κ2) is 5.03. The summed E-state index contributed by atoms with van der Waals surface area (Å²) in [5.41, 5.74) is 1.76. The van der Waals surface area contributed by atoms with Gasteiger partial charge in [-0.2, -0.15) is 0 Å². The van der Waals surface area contributed by atoms with Gasteiger partial charge in [-0.25, -0.2) is 4.98 Å². The van der Waals surface area contributed by atoms with Crippen molar-refractivity contribution in [2.45, 2.75) is 38.6 Å². The van der Waals surface area contributed by atoms with Gasteiger partial charge in [0, 0.05) is 25.0 Å². The first-order valence-corrected chi connectivity index (χ1v) is 6.96. The number of rotatable bonds is 2. The molecule has 1 fully saturated rings. The van der Waals surface area contributed by atoms with Crippen LogP contribution in [0.1, 0.15) is 31.9 Å². The molecule has 2 aromatic heterocycles. The van der Waals surface area contributed by atoms with Gasteiger partial charge in [0.2, 0.25) is 5.91 Å². The van der Waals surface area contributed by atoms with E-state index in [1.165, 1.54) is 6.42 Å².